The van der Waals surface area contributed by atoms with Crippen molar-refractivity contribution in [2.45, 2.75) is 25.7 Å². The van der Waals surface area contributed by atoms with Gasteiger partial charge in [0.25, 0.3) is 5.91 Å². The largest absolute Gasteiger partial charge is 0.365 e. The number of carbonyl (C=O) groups excluding carboxylic acids is 2. The zero-order valence-corrected chi connectivity index (χ0v) is 14.7. The molecule has 25 heavy (non-hydrogen) atoms. The second kappa shape index (κ2) is 8.29. The zero-order chi connectivity index (χ0) is 17.6. The van der Waals surface area contributed by atoms with Gasteiger partial charge >= 0.3 is 0 Å². The van der Waals surface area contributed by atoms with Crippen molar-refractivity contribution in [2.75, 3.05) is 50.7 Å². The van der Waals surface area contributed by atoms with E-state index in [2.05, 4.69) is 9.88 Å². The fraction of sp³-hybridized carbons (Fsp3) is 0.611. The highest BCUT2D eigenvalue weighted by Gasteiger charge is 2.25. The molecule has 0 atom stereocenters. The van der Waals surface area contributed by atoms with Crippen LogP contribution in [0.4, 0.5) is 5.82 Å². The third kappa shape index (κ3) is 4.48. The molecule has 7 heteroatoms. The maximum atomic E-state index is 12.6. The molecule has 2 aliphatic heterocycles. The van der Waals surface area contributed by atoms with E-state index in [4.69, 9.17) is 5.73 Å². The minimum absolute atomic E-state index is 0.206. The van der Waals surface area contributed by atoms with Gasteiger partial charge in [0.15, 0.2) is 0 Å². The Morgan fingerprint density at radius 3 is 2.32 bits per heavy atom. The van der Waals surface area contributed by atoms with Crippen LogP contribution < -0.4 is 10.6 Å². The summed E-state index contributed by atoms with van der Waals surface area (Å²) in [6.45, 7) is 5.23. The highest BCUT2D eigenvalue weighted by atomic mass is 16.2. The molecule has 1 aromatic heterocycles. The molecule has 0 aromatic carbocycles. The fourth-order valence-corrected chi connectivity index (χ4v) is 3.59. The third-order valence-corrected chi connectivity index (χ3v) is 5.04. The zero-order valence-electron chi connectivity index (χ0n) is 14.7. The summed E-state index contributed by atoms with van der Waals surface area (Å²) in [7, 11) is 0. The lowest BCUT2D eigenvalue weighted by Gasteiger charge is -2.36. The molecule has 2 amide bonds. The number of pyridine rings is 1. The monoisotopic (exact) mass is 345 g/mol. The molecule has 0 aliphatic carbocycles. The summed E-state index contributed by atoms with van der Waals surface area (Å²) in [5, 5.41) is 0. The van der Waals surface area contributed by atoms with Gasteiger partial charge in [-0.3, -0.25) is 14.5 Å². The Balaban J connectivity index is 1.55. The molecule has 2 N–H and O–H groups in total. The molecular weight excluding hydrogens is 318 g/mol. The first-order valence-electron chi connectivity index (χ1n) is 9.15. The van der Waals surface area contributed by atoms with Gasteiger partial charge in [0.1, 0.15) is 5.82 Å². The average Bonchev–Trinajstić information content (AvgIpc) is 2.90. The van der Waals surface area contributed by atoms with Gasteiger partial charge in [0.2, 0.25) is 5.91 Å². The smallest absolute Gasteiger partial charge is 0.252 e. The second-order valence-electron chi connectivity index (χ2n) is 6.80. The lowest BCUT2D eigenvalue weighted by atomic mass is 10.2. The van der Waals surface area contributed by atoms with Crippen LogP contribution in [0, 0.1) is 0 Å². The molecule has 0 bridgehead atoms. The summed E-state index contributed by atoms with van der Waals surface area (Å²) < 4.78 is 0. The number of carbonyl (C=O) groups is 2. The van der Waals surface area contributed by atoms with Crippen molar-refractivity contribution < 1.29 is 9.59 Å². The number of amides is 2. The molecule has 2 aliphatic rings. The van der Waals surface area contributed by atoms with Gasteiger partial charge in [-0.2, -0.15) is 0 Å². The van der Waals surface area contributed by atoms with Crippen LogP contribution in [-0.2, 0) is 4.79 Å². The fourth-order valence-electron chi connectivity index (χ4n) is 3.59. The molecule has 0 spiro atoms. The van der Waals surface area contributed by atoms with Gasteiger partial charge in [-0.15, -0.1) is 0 Å². The first-order valence-corrected chi connectivity index (χ1v) is 9.15. The number of hydrogen-bond donors (Lipinski definition) is 1. The summed E-state index contributed by atoms with van der Waals surface area (Å²) in [6.07, 6.45) is 6.59. The van der Waals surface area contributed by atoms with Gasteiger partial charge in [0, 0.05) is 32.4 Å². The number of piperazine rings is 1. The van der Waals surface area contributed by atoms with Crippen LogP contribution in [0.3, 0.4) is 0 Å². The van der Waals surface area contributed by atoms with Gasteiger partial charge < -0.3 is 15.5 Å². The highest BCUT2D eigenvalue weighted by Crippen LogP contribution is 2.19. The van der Waals surface area contributed by atoms with Crippen LogP contribution in [0.5, 0.6) is 0 Å². The summed E-state index contributed by atoms with van der Waals surface area (Å²) in [6, 6.07) is 3.41. The van der Waals surface area contributed by atoms with Crippen molar-refractivity contribution in [3.8, 4) is 0 Å². The minimum atomic E-state index is -0.470. The molecular formula is C18H27N5O2. The number of nitrogens with zero attached hydrogens (tertiary/aromatic N) is 4. The first kappa shape index (κ1) is 17.7. The molecule has 7 nitrogen and oxygen atoms in total. The van der Waals surface area contributed by atoms with Gasteiger partial charge in [0.05, 0.1) is 12.1 Å². The maximum absolute atomic E-state index is 12.6. The van der Waals surface area contributed by atoms with Crippen LogP contribution in [0.2, 0.25) is 0 Å². The molecule has 2 saturated heterocycles. The molecule has 3 rings (SSSR count). The van der Waals surface area contributed by atoms with Gasteiger partial charge in [-0.1, -0.05) is 12.8 Å². The summed E-state index contributed by atoms with van der Waals surface area (Å²) in [5.74, 6) is 0.357. The molecule has 2 fully saturated rings. The van der Waals surface area contributed by atoms with E-state index in [1.54, 1.807) is 18.3 Å². The van der Waals surface area contributed by atoms with Crippen LogP contribution in [0.1, 0.15) is 36.0 Å². The second-order valence-corrected chi connectivity index (χ2v) is 6.80. The number of hydrogen-bond acceptors (Lipinski definition) is 5. The van der Waals surface area contributed by atoms with Crippen molar-refractivity contribution >= 4 is 17.6 Å². The Labute approximate surface area is 148 Å². The first-order chi connectivity index (χ1) is 12.1. The Hall–Kier alpha value is -2.15. The summed E-state index contributed by atoms with van der Waals surface area (Å²) in [5.41, 5.74) is 5.87. The van der Waals surface area contributed by atoms with Crippen molar-refractivity contribution in [3.63, 3.8) is 0 Å². The number of anilines is 1. The van der Waals surface area contributed by atoms with E-state index < -0.39 is 5.91 Å². The van der Waals surface area contributed by atoms with Crippen molar-refractivity contribution in [1.82, 2.24) is 14.8 Å². The van der Waals surface area contributed by atoms with Crippen LogP contribution >= 0.6 is 0 Å². The normalized spacial score (nSPS) is 19.5. The van der Waals surface area contributed by atoms with Gasteiger partial charge in [-0.05, 0) is 38.1 Å². The van der Waals surface area contributed by atoms with E-state index in [1.165, 1.54) is 25.7 Å². The Kier molecular flexibility index (Phi) is 5.86. The summed E-state index contributed by atoms with van der Waals surface area (Å²) >= 11 is 0. The van der Waals surface area contributed by atoms with E-state index in [1.807, 2.05) is 9.80 Å². The van der Waals surface area contributed by atoms with Crippen molar-refractivity contribution in [1.29, 1.82) is 0 Å². The number of nitrogens with two attached hydrogens (primary N) is 1. The van der Waals surface area contributed by atoms with E-state index >= 15 is 0 Å². The Morgan fingerprint density at radius 2 is 1.68 bits per heavy atom. The lowest BCUT2D eigenvalue weighted by Crippen LogP contribution is -2.51. The lowest BCUT2D eigenvalue weighted by molar-refractivity contribution is -0.132. The number of aromatic nitrogens is 1. The van der Waals surface area contributed by atoms with E-state index in [0.717, 1.165) is 13.1 Å². The van der Waals surface area contributed by atoms with E-state index in [9.17, 15) is 9.59 Å². The summed E-state index contributed by atoms with van der Waals surface area (Å²) in [4.78, 5) is 34.7. The molecule has 1 aromatic rings. The number of primary amides is 1. The van der Waals surface area contributed by atoms with Crippen molar-refractivity contribution in [2.24, 2.45) is 5.73 Å². The molecule has 0 saturated carbocycles. The topological polar surface area (TPSA) is 82.8 Å². The Bertz CT molecular complexity index is 605. The molecule has 0 radical (unpaired) electrons. The standard InChI is InChI=1S/C18H27N5O2/c19-17(25)15-6-5-7-20-18(15)23-12-10-22(11-13-23)16(24)14-21-8-3-1-2-4-9-21/h5-7H,1-4,8-14H2,(H2,19,25). The predicted molar refractivity (Wildman–Crippen MR) is 96.5 cm³/mol. The molecule has 136 valence electrons. The van der Waals surface area contributed by atoms with Gasteiger partial charge in [-0.25, -0.2) is 4.98 Å². The molecule has 3 heterocycles. The number of rotatable bonds is 4. The SMILES string of the molecule is NC(=O)c1cccnc1N1CCN(C(=O)CN2CCCCCC2)CC1. The van der Waals surface area contributed by atoms with Crippen LogP contribution in [0.15, 0.2) is 18.3 Å². The van der Waals surface area contributed by atoms with E-state index in [-0.39, 0.29) is 5.91 Å². The van der Waals surface area contributed by atoms with Crippen LogP contribution in [-0.4, -0.2) is 72.4 Å². The number of likely N-dealkylation sites (tertiary alicyclic amines) is 1. The Morgan fingerprint density at radius 1 is 1.00 bits per heavy atom. The molecule has 0 unspecified atom stereocenters. The average molecular weight is 345 g/mol. The minimum Gasteiger partial charge on any atom is -0.365 e. The maximum Gasteiger partial charge on any atom is 0.252 e. The highest BCUT2D eigenvalue weighted by molar-refractivity contribution is 5.97. The quantitative estimate of drug-likeness (QED) is 0.869. The van der Waals surface area contributed by atoms with Crippen molar-refractivity contribution in [3.05, 3.63) is 23.9 Å². The third-order valence-electron chi connectivity index (χ3n) is 5.04. The van der Waals surface area contributed by atoms with Crippen LogP contribution in [0.25, 0.3) is 0 Å². The van der Waals surface area contributed by atoms with E-state index in [0.29, 0.717) is 44.1 Å². The predicted octanol–water partition coefficient (Wildman–Crippen LogP) is 0.705.